The number of benzene rings is 3. The SMILES string of the molecule is C=Cc1cc(-c2nnc(-c3ccc(C(C)(C)C)cc3)o2)cc(-c2nnc(-c3ccc(C(C)(C)C)cc3)o2)c1. The van der Waals surface area contributed by atoms with Crippen LogP contribution in [0.3, 0.4) is 0 Å². The summed E-state index contributed by atoms with van der Waals surface area (Å²) >= 11 is 0. The zero-order valence-electron chi connectivity index (χ0n) is 22.7. The van der Waals surface area contributed by atoms with Gasteiger partial charge in [0.05, 0.1) is 0 Å². The van der Waals surface area contributed by atoms with Gasteiger partial charge in [0.1, 0.15) is 0 Å². The highest BCUT2D eigenvalue weighted by atomic mass is 16.4. The Morgan fingerprint density at radius 2 is 0.868 bits per heavy atom. The highest BCUT2D eigenvalue weighted by molar-refractivity contribution is 5.71. The lowest BCUT2D eigenvalue weighted by Gasteiger charge is -2.18. The molecular formula is C32H32N4O2. The third-order valence-electron chi connectivity index (χ3n) is 6.53. The fourth-order valence-corrected chi connectivity index (χ4v) is 4.16. The van der Waals surface area contributed by atoms with Gasteiger partial charge in [-0.2, -0.15) is 0 Å². The molecule has 2 heterocycles. The number of nitrogens with zero attached hydrogens (tertiary/aromatic N) is 4. The Kier molecular flexibility index (Phi) is 6.35. The molecule has 0 saturated heterocycles. The lowest BCUT2D eigenvalue weighted by molar-refractivity contribution is 0.580. The molecule has 192 valence electrons. The van der Waals surface area contributed by atoms with Crippen LogP contribution >= 0.6 is 0 Å². The van der Waals surface area contributed by atoms with E-state index in [4.69, 9.17) is 8.83 Å². The van der Waals surface area contributed by atoms with Gasteiger partial charge in [-0.05, 0) is 70.0 Å². The van der Waals surface area contributed by atoms with E-state index in [9.17, 15) is 0 Å². The molecule has 0 aliphatic rings. The van der Waals surface area contributed by atoms with Gasteiger partial charge in [-0.3, -0.25) is 0 Å². The summed E-state index contributed by atoms with van der Waals surface area (Å²) in [6.45, 7) is 17.0. The Bertz CT molecular complexity index is 1460. The second-order valence-electron chi connectivity index (χ2n) is 11.5. The third kappa shape index (κ3) is 5.21. The summed E-state index contributed by atoms with van der Waals surface area (Å²) in [5, 5.41) is 17.2. The molecule has 0 spiro atoms. The second kappa shape index (κ2) is 9.53. The molecule has 0 radical (unpaired) electrons. The molecule has 0 bridgehead atoms. The molecule has 0 fully saturated rings. The fourth-order valence-electron chi connectivity index (χ4n) is 4.16. The van der Waals surface area contributed by atoms with Crippen LogP contribution in [0.1, 0.15) is 58.2 Å². The lowest BCUT2D eigenvalue weighted by atomic mass is 9.87. The van der Waals surface area contributed by atoms with E-state index in [0.29, 0.717) is 23.6 Å². The summed E-state index contributed by atoms with van der Waals surface area (Å²) in [7, 11) is 0. The normalized spacial score (nSPS) is 12.1. The van der Waals surface area contributed by atoms with Gasteiger partial charge in [-0.15, -0.1) is 20.4 Å². The molecule has 6 nitrogen and oxygen atoms in total. The molecule has 5 aromatic rings. The zero-order chi connectivity index (χ0) is 27.1. The number of hydrogen-bond donors (Lipinski definition) is 0. The first-order valence-corrected chi connectivity index (χ1v) is 12.7. The minimum Gasteiger partial charge on any atom is -0.416 e. The van der Waals surface area contributed by atoms with Crippen molar-refractivity contribution in [1.82, 2.24) is 20.4 Å². The Hall–Kier alpha value is -4.32. The van der Waals surface area contributed by atoms with Crippen molar-refractivity contribution >= 4 is 6.08 Å². The van der Waals surface area contributed by atoms with Crippen LogP contribution in [0.15, 0.2) is 82.1 Å². The lowest BCUT2D eigenvalue weighted by Crippen LogP contribution is -2.10. The highest BCUT2D eigenvalue weighted by Crippen LogP contribution is 2.32. The van der Waals surface area contributed by atoms with Crippen LogP contribution in [0.25, 0.3) is 51.9 Å². The average Bonchev–Trinajstić information content (AvgIpc) is 3.58. The molecule has 0 N–H and O–H groups in total. The number of rotatable bonds is 5. The fraction of sp³-hybridized carbons (Fsp3) is 0.250. The van der Waals surface area contributed by atoms with Gasteiger partial charge in [0.25, 0.3) is 0 Å². The van der Waals surface area contributed by atoms with E-state index in [0.717, 1.165) is 27.8 Å². The molecule has 2 aromatic heterocycles. The molecule has 5 rings (SSSR count). The van der Waals surface area contributed by atoms with E-state index in [-0.39, 0.29) is 10.8 Å². The average molecular weight is 505 g/mol. The summed E-state index contributed by atoms with van der Waals surface area (Å²) < 4.78 is 12.1. The molecule has 6 heteroatoms. The molecule has 3 aromatic carbocycles. The van der Waals surface area contributed by atoms with Crippen LogP contribution in [0.2, 0.25) is 0 Å². The molecule has 0 unspecified atom stereocenters. The Balaban J connectivity index is 1.44. The van der Waals surface area contributed by atoms with E-state index in [2.05, 4.69) is 92.8 Å². The van der Waals surface area contributed by atoms with Crippen molar-refractivity contribution in [2.45, 2.75) is 52.4 Å². The summed E-state index contributed by atoms with van der Waals surface area (Å²) in [6, 6.07) is 22.2. The predicted octanol–water partition coefficient (Wildman–Crippen LogP) is 8.36. The summed E-state index contributed by atoms with van der Waals surface area (Å²) in [4.78, 5) is 0. The standard InChI is InChI=1S/C32H32N4O2/c1-8-20-17-23(29-35-33-27(37-29)21-9-13-25(14-10-21)31(2,3)4)19-24(18-20)30-36-34-28(38-30)22-11-15-26(16-12-22)32(5,6)7/h8-19H,1H2,2-7H3. The van der Waals surface area contributed by atoms with Crippen molar-refractivity contribution in [3.8, 4) is 45.8 Å². The summed E-state index contributed by atoms with van der Waals surface area (Å²) in [6.07, 6.45) is 1.76. The van der Waals surface area contributed by atoms with Crippen molar-refractivity contribution in [3.63, 3.8) is 0 Å². The van der Waals surface area contributed by atoms with Crippen molar-refractivity contribution in [3.05, 3.63) is 90.0 Å². The summed E-state index contributed by atoms with van der Waals surface area (Å²) in [5.74, 6) is 1.74. The van der Waals surface area contributed by atoms with Gasteiger partial charge in [0.15, 0.2) is 0 Å². The Morgan fingerprint density at radius 3 is 1.18 bits per heavy atom. The molecule has 38 heavy (non-hydrogen) atoms. The van der Waals surface area contributed by atoms with Crippen molar-refractivity contribution in [2.75, 3.05) is 0 Å². The van der Waals surface area contributed by atoms with Crippen LogP contribution in [0, 0.1) is 0 Å². The highest BCUT2D eigenvalue weighted by Gasteiger charge is 2.18. The maximum absolute atomic E-state index is 6.06. The molecule has 0 aliphatic carbocycles. The van der Waals surface area contributed by atoms with E-state index < -0.39 is 0 Å². The van der Waals surface area contributed by atoms with E-state index in [1.54, 1.807) is 6.08 Å². The van der Waals surface area contributed by atoms with Gasteiger partial charge in [-0.1, -0.05) is 78.5 Å². The minimum absolute atomic E-state index is 0.0740. The largest absolute Gasteiger partial charge is 0.416 e. The first-order chi connectivity index (χ1) is 18.0. The smallest absolute Gasteiger partial charge is 0.248 e. The molecule has 0 amide bonds. The van der Waals surface area contributed by atoms with Gasteiger partial charge in [-0.25, -0.2) is 0 Å². The van der Waals surface area contributed by atoms with Crippen LogP contribution in [-0.4, -0.2) is 20.4 Å². The maximum atomic E-state index is 6.06. The topological polar surface area (TPSA) is 77.8 Å². The summed E-state index contributed by atoms with van der Waals surface area (Å²) in [5.41, 5.74) is 6.75. The van der Waals surface area contributed by atoms with Gasteiger partial charge < -0.3 is 8.83 Å². The molecule has 0 atom stereocenters. The monoisotopic (exact) mass is 504 g/mol. The van der Waals surface area contributed by atoms with Crippen LogP contribution in [0.5, 0.6) is 0 Å². The Labute approximate surface area is 223 Å². The van der Waals surface area contributed by atoms with Crippen molar-refractivity contribution < 1.29 is 8.83 Å². The van der Waals surface area contributed by atoms with Crippen molar-refractivity contribution in [2.24, 2.45) is 0 Å². The zero-order valence-corrected chi connectivity index (χ0v) is 22.7. The van der Waals surface area contributed by atoms with Gasteiger partial charge >= 0.3 is 0 Å². The molecular weight excluding hydrogens is 472 g/mol. The van der Waals surface area contributed by atoms with Crippen LogP contribution in [0.4, 0.5) is 0 Å². The third-order valence-corrected chi connectivity index (χ3v) is 6.53. The second-order valence-corrected chi connectivity index (χ2v) is 11.5. The number of aromatic nitrogens is 4. The van der Waals surface area contributed by atoms with E-state index >= 15 is 0 Å². The molecule has 0 aliphatic heterocycles. The maximum Gasteiger partial charge on any atom is 0.248 e. The van der Waals surface area contributed by atoms with E-state index in [1.807, 2.05) is 42.5 Å². The van der Waals surface area contributed by atoms with Gasteiger partial charge in [0.2, 0.25) is 23.6 Å². The van der Waals surface area contributed by atoms with Crippen molar-refractivity contribution in [1.29, 1.82) is 0 Å². The minimum atomic E-state index is 0.0740. The first kappa shape index (κ1) is 25.3. The van der Waals surface area contributed by atoms with Gasteiger partial charge in [0, 0.05) is 22.3 Å². The molecule has 0 saturated carbocycles. The predicted molar refractivity (Wildman–Crippen MR) is 151 cm³/mol. The van der Waals surface area contributed by atoms with Crippen LogP contribution in [-0.2, 0) is 10.8 Å². The number of hydrogen-bond acceptors (Lipinski definition) is 6. The quantitative estimate of drug-likeness (QED) is 0.239. The first-order valence-electron chi connectivity index (χ1n) is 12.7. The van der Waals surface area contributed by atoms with E-state index in [1.165, 1.54) is 11.1 Å². The van der Waals surface area contributed by atoms with Crippen LogP contribution < -0.4 is 0 Å². The Morgan fingerprint density at radius 1 is 0.526 bits per heavy atom.